The largest absolute Gasteiger partial charge is 0.361 e. The Kier molecular flexibility index (Phi) is 6.22. The summed E-state index contributed by atoms with van der Waals surface area (Å²) in [5.74, 6) is -0.331. The zero-order valence-electron chi connectivity index (χ0n) is 15.3. The fourth-order valence-electron chi connectivity index (χ4n) is 2.92. The maximum Gasteiger partial charge on any atom is 0.239 e. The number of carbonyl (C=O) groups is 2. The number of amides is 2. The van der Waals surface area contributed by atoms with Crippen molar-refractivity contribution < 1.29 is 9.59 Å². The third-order valence-electron chi connectivity index (χ3n) is 4.45. The van der Waals surface area contributed by atoms with E-state index < -0.39 is 6.04 Å². The zero-order chi connectivity index (χ0) is 19.1. The normalized spacial score (nSPS) is 11.9. The number of carbonyl (C=O) groups excluding carboxylic acids is 2. The number of aromatic nitrogens is 1. The van der Waals surface area contributed by atoms with E-state index in [4.69, 9.17) is 0 Å². The second-order valence-corrected chi connectivity index (χ2v) is 6.39. The molecule has 27 heavy (non-hydrogen) atoms. The van der Waals surface area contributed by atoms with Crippen molar-refractivity contribution in [3.63, 3.8) is 0 Å². The standard InChI is InChI=1S/C21H24N4O2/c1-2-18(21(27)23-13-15-8-4-3-5-9-15)24-25-20(26)12-16-14-22-19-11-7-6-10-17(16)19/h3-11,14,18,22,24H,2,12-13H2,1H3,(H,23,27)(H,25,26). The molecule has 6 heteroatoms. The van der Waals surface area contributed by atoms with E-state index in [1.165, 1.54) is 0 Å². The summed E-state index contributed by atoms with van der Waals surface area (Å²) in [6, 6.07) is 17.1. The van der Waals surface area contributed by atoms with Crippen LogP contribution in [0.4, 0.5) is 0 Å². The van der Waals surface area contributed by atoms with Crippen molar-refractivity contribution in [3.8, 4) is 0 Å². The van der Waals surface area contributed by atoms with Crippen molar-refractivity contribution in [2.45, 2.75) is 32.4 Å². The van der Waals surface area contributed by atoms with Crippen molar-refractivity contribution in [3.05, 3.63) is 71.9 Å². The van der Waals surface area contributed by atoms with E-state index in [0.717, 1.165) is 22.0 Å². The predicted octanol–water partition coefficient (Wildman–Crippen LogP) is 2.43. The molecule has 0 fully saturated rings. The summed E-state index contributed by atoms with van der Waals surface area (Å²) in [6.45, 7) is 2.35. The maximum atomic E-state index is 12.3. The van der Waals surface area contributed by atoms with Gasteiger partial charge in [-0.05, 0) is 23.6 Å². The molecule has 1 aromatic heterocycles. The van der Waals surface area contributed by atoms with Crippen LogP contribution in [0.2, 0.25) is 0 Å². The smallest absolute Gasteiger partial charge is 0.239 e. The number of aromatic amines is 1. The van der Waals surface area contributed by atoms with Crippen LogP contribution >= 0.6 is 0 Å². The van der Waals surface area contributed by atoms with Gasteiger partial charge in [0, 0.05) is 23.6 Å². The summed E-state index contributed by atoms with van der Waals surface area (Å²) in [6.07, 6.45) is 2.64. The van der Waals surface area contributed by atoms with Gasteiger partial charge in [0.2, 0.25) is 11.8 Å². The van der Waals surface area contributed by atoms with Gasteiger partial charge in [0.1, 0.15) is 6.04 Å². The highest BCUT2D eigenvalue weighted by atomic mass is 16.2. The number of benzene rings is 2. The van der Waals surface area contributed by atoms with Gasteiger partial charge in [-0.15, -0.1) is 0 Å². The first-order valence-corrected chi connectivity index (χ1v) is 9.08. The summed E-state index contributed by atoms with van der Waals surface area (Å²) in [5.41, 5.74) is 8.45. The van der Waals surface area contributed by atoms with Crippen LogP contribution in [0.25, 0.3) is 10.9 Å². The van der Waals surface area contributed by atoms with Crippen LogP contribution in [0.5, 0.6) is 0 Å². The Bertz CT molecular complexity index is 905. The van der Waals surface area contributed by atoms with Crippen molar-refractivity contribution in [2.75, 3.05) is 0 Å². The number of fused-ring (bicyclic) bond motifs is 1. The van der Waals surface area contributed by atoms with E-state index >= 15 is 0 Å². The second-order valence-electron chi connectivity index (χ2n) is 6.39. The second kappa shape index (κ2) is 9.00. The molecule has 0 spiro atoms. The Morgan fingerprint density at radius 2 is 1.78 bits per heavy atom. The molecule has 0 aliphatic rings. The minimum absolute atomic E-state index is 0.145. The maximum absolute atomic E-state index is 12.3. The Balaban J connectivity index is 1.49. The van der Waals surface area contributed by atoms with Crippen LogP contribution in [-0.4, -0.2) is 22.8 Å². The molecule has 0 aliphatic heterocycles. The molecular formula is C21H24N4O2. The van der Waals surface area contributed by atoms with Crippen LogP contribution < -0.4 is 16.2 Å². The first-order valence-electron chi connectivity index (χ1n) is 9.08. The number of hydrogen-bond donors (Lipinski definition) is 4. The highest BCUT2D eigenvalue weighted by molar-refractivity contribution is 5.89. The lowest BCUT2D eigenvalue weighted by Gasteiger charge is -2.17. The molecular weight excluding hydrogens is 340 g/mol. The minimum Gasteiger partial charge on any atom is -0.361 e. The Morgan fingerprint density at radius 1 is 1.04 bits per heavy atom. The highest BCUT2D eigenvalue weighted by Gasteiger charge is 2.17. The molecule has 2 aromatic carbocycles. The predicted molar refractivity (Wildman–Crippen MR) is 106 cm³/mol. The van der Waals surface area contributed by atoms with Gasteiger partial charge >= 0.3 is 0 Å². The van der Waals surface area contributed by atoms with Crippen LogP contribution in [0.3, 0.4) is 0 Å². The van der Waals surface area contributed by atoms with E-state index in [-0.39, 0.29) is 18.2 Å². The van der Waals surface area contributed by atoms with E-state index in [1.54, 1.807) is 0 Å². The van der Waals surface area contributed by atoms with Gasteiger partial charge < -0.3 is 10.3 Å². The van der Waals surface area contributed by atoms with E-state index in [9.17, 15) is 9.59 Å². The molecule has 1 unspecified atom stereocenters. The van der Waals surface area contributed by atoms with E-state index in [0.29, 0.717) is 13.0 Å². The van der Waals surface area contributed by atoms with Crippen molar-refractivity contribution in [1.82, 2.24) is 21.2 Å². The topological polar surface area (TPSA) is 86.0 Å². The third-order valence-corrected chi connectivity index (χ3v) is 4.45. The van der Waals surface area contributed by atoms with Gasteiger partial charge in [0.25, 0.3) is 0 Å². The van der Waals surface area contributed by atoms with Crippen molar-refractivity contribution >= 4 is 22.7 Å². The summed E-state index contributed by atoms with van der Waals surface area (Å²) in [4.78, 5) is 27.7. The molecule has 2 amide bonds. The number of H-pyrrole nitrogens is 1. The van der Waals surface area contributed by atoms with Gasteiger partial charge in [-0.1, -0.05) is 55.5 Å². The molecule has 1 heterocycles. The van der Waals surface area contributed by atoms with Crippen LogP contribution in [-0.2, 0) is 22.6 Å². The van der Waals surface area contributed by atoms with Crippen molar-refractivity contribution in [1.29, 1.82) is 0 Å². The fraction of sp³-hybridized carbons (Fsp3) is 0.238. The van der Waals surface area contributed by atoms with Gasteiger partial charge in [-0.25, -0.2) is 5.43 Å². The van der Waals surface area contributed by atoms with E-state index in [2.05, 4.69) is 21.2 Å². The molecule has 0 saturated heterocycles. The van der Waals surface area contributed by atoms with Crippen LogP contribution in [0.1, 0.15) is 24.5 Å². The van der Waals surface area contributed by atoms with Gasteiger partial charge in [0.05, 0.1) is 6.42 Å². The lowest BCUT2D eigenvalue weighted by molar-refractivity contribution is -0.125. The molecule has 0 radical (unpaired) electrons. The molecule has 1 atom stereocenters. The molecule has 0 saturated carbocycles. The lowest BCUT2D eigenvalue weighted by atomic mass is 10.1. The first kappa shape index (κ1) is 18.7. The van der Waals surface area contributed by atoms with Crippen molar-refractivity contribution in [2.24, 2.45) is 0 Å². The lowest BCUT2D eigenvalue weighted by Crippen LogP contribution is -2.51. The Hall–Kier alpha value is -3.12. The number of rotatable bonds is 8. The quantitative estimate of drug-likeness (QED) is 0.463. The molecule has 4 N–H and O–H groups in total. The van der Waals surface area contributed by atoms with Crippen LogP contribution in [0.15, 0.2) is 60.8 Å². The molecule has 3 rings (SSSR count). The average Bonchev–Trinajstić information content (AvgIpc) is 3.10. The number of nitrogens with one attached hydrogen (secondary N) is 4. The monoisotopic (exact) mass is 364 g/mol. The first-order chi connectivity index (χ1) is 13.2. The summed E-state index contributed by atoms with van der Waals surface area (Å²) >= 11 is 0. The summed E-state index contributed by atoms with van der Waals surface area (Å²) < 4.78 is 0. The molecule has 6 nitrogen and oxygen atoms in total. The highest BCUT2D eigenvalue weighted by Crippen LogP contribution is 2.17. The summed E-state index contributed by atoms with van der Waals surface area (Å²) in [5, 5.41) is 3.91. The van der Waals surface area contributed by atoms with Crippen LogP contribution in [0, 0.1) is 0 Å². The molecule has 0 aliphatic carbocycles. The van der Waals surface area contributed by atoms with E-state index in [1.807, 2.05) is 67.7 Å². The summed E-state index contributed by atoms with van der Waals surface area (Å²) in [7, 11) is 0. The zero-order valence-corrected chi connectivity index (χ0v) is 15.3. The Morgan fingerprint density at radius 3 is 2.56 bits per heavy atom. The van der Waals surface area contributed by atoms with Gasteiger partial charge in [0.15, 0.2) is 0 Å². The number of hydrogen-bond acceptors (Lipinski definition) is 3. The third kappa shape index (κ3) is 4.95. The number of hydrazine groups is 1. The molecule has 3 aromatic rings. The van der Waals surface area contributed by atoms with Gasteiger partial charge in [-0.2, -0.15) is 0 Å². The minimum atomic E-state index is -0.486. The molecule has 0 bridgehead atoms. The average molecular weight is 364 g/mol. The fourth-order valence-corrected chi connectivity index (χ4v) is 2.92. The Labute approximate surface area is 158 Å². The molecule has 140 valence electrons. The van der Waals surface area contributed by atoms with Gasteiger partial charge in [-0.3, -0.25) is 15.0 Å². The SMILES string of the molecule is CCC(NNC(=O)Cc1c[nH]c2ccccc12)C(=O)NCc1ccccc1. The number of para-hydroxylation sites is 1.